The van der Waals surface area contributed by atoms with Crippen molar-refractivity contribution in [3.05, 3.63) is 0 Å². The van der Waals surface area contributed by atoms with Gasteiger partial charge in [0.25, 0.3) is 0 Å². The third-order valence-electron chi connectivity index (χ3n) is 9.98. The minimum absolute atomic E-state index is 0.0182. The van der Waals surface area contributed by atoms with E-state index in [4.69, 9.17) is 23.7 Å². The van der Waals surface area contributed by atoms with Crippen LogP contribution in [0.2, 0.25) is 0 Å². The molecule has 5 unspecified atom stereocenters. The molecule has 0 aromatic heterocycles. The van der Waals surface area contributed by atoms with Crippen molar-refractivity contribution in [3.8, 4) is 0 Å². The van der Waals surface area contributed by atoms with Crippen molar-refractivity contribution < 1.29 is 58.8 Å². The summed E-state index contributed by atoms with van der Waals surface area (Å²) < 4.78 is 29.8. The van der Waals surface area contributed by atoms with Crippen LogP contribution in [0.5, 0.6) is 0 Å². The van der Waals surface area contributed by atoms with Crippen molar-refractivity contribution in [2.45, 2.75) is 164 Å². The number of rotatable bonds is 23. The Morgan fingerprint density at radius 3 is 1.85 bits per heavy atom. The Morgan fingerprint density at radius 1 is 0.723 bits per heavy atom. The molecule has 11 atom stereocenters. The van der Waals surface area contributed by atoms with Crippen molar-refractivity contribution in [1.29, 1.82) is 0 Å². The Kier molecular flexibility index (Phi) is 18.5. The van der Waals surface area contributed by atoms with Crippen LogP contribution in [0.25, 0.3) is 0 Å². The average Bonchev–Trinajstić information content (AvgIpc) is 3.01. The molecule has 280 valence electrons. The number of quaternary nitrogens is 1. The highest BCUT2D eigenvalue weighted by atomic mass is 16.6. The van der Waals surface area contributed by atoms with Crippen LogP contribution in [0.15, 0.2) is 0 Å². The molecule has 12 heteroatoms. The van der Waals surface area contributed by atoms with Gasteiger partial charge in [0.1, 0.15) is 66.6 Å². The van der Waals surface area contributed by atoms with Crippen molar-refractivity contribution in [2.75, 3.05) is 60.7 Å². The summed E-state index contributed by atoms with van der Waals surface area (Å²) in [5, 5.41) is 64.6. The van der Waals surface area contributed by atoms with Crippen LogP contribution in [0, 0.1) is 0 Å². The third-order valence-corrected chi connectivity index (χ3v) is 9.98. The van der Waals surface area contributed by atoms with Crippen molar-refractivity contribution in [3.63, 3.8) is 0 Å². The van der Waals surface area contributed by atoms with E-state index in [1.165, 1.54) is 64.9 Å². The lowest BCUT2D eigenvalue weighted by Crippen LogP contribution is -2.67. The molecule has 2 fully saturated rings. The molecule has 6 N–H and O–H groups in total. The molecule has 12 nitrogen and oxygen atoms in total. The largest absolute Gasteiger partial charge is 0.388 e. The second-order valence-electron chi connectivity index (χ2n) is 15.1. The summed E-state index contributed by atoms with van der Waals surface area (Å²) in [6.07, 6.45) is 3.08. The maximum Gasteiger partial charge on any atom is 0.126 e. The Balaban J connectivity index is 1.88. The van der Waals surface area contributed by atoms with Crippen LogP contribution in [0.1, 0.15) is 98.3 Å². The molecule has 0 aliphatic carbocycles. The van der Waals surface area contributed by atoms with Crippen LogP contribution in [0.3, 0.4) is 0 Å². The first-order valence-electron chi connectivity index (χ1n) is 18.1. The quantitative estimate of drug-likeness (QED) is 0.0690. The van der Waals surface area contributed by atoms with Gasteiger partial charge < -0.3 is 58.8 Å². The molecular weight excluding hydrogens is 610 g/mol. The summed E-state index contributed by atoms with van der Waals surface area (Å²) in [5.41, 5.74) is -2.55. The van der Waals surface area contributed by atoms with Crippen LogP contribution in [-0.4, -0.2) is 162 Å². The van der Waals surface area contributed by atoms with E-state index in [2.05, 4.69) is 21.0 Å². The predicted molar refractivity (Wildman–Crippen MR) is 179 cm³/mol. The van der Waals surface area contributed by atoms with E-state index in [9.17, 15) is 30.6 Å². The van der Waals surface area contributed by atoms with Gasteiger partial charge in [-0.05, 0) is 33.1 Å². The molecule has 0 aromatic rings. The van der Waals surface area contributed by atoms with Gasteiger partial charge >= 0.3 is 0 Å². The highest BCUT2D eigenvalue weighted by molar-refractivity contribution is 5.02. The molecule has 0 bridgehead atoms. The molecule has 0 aromatic carbocycles. The second kappa shape index (κ2) is 20.4. The van der Waals surface area contributed by atoms with Crippen LogP contribution in [-0.2, 0) is 23.7 Å². The summed E-state index contributed by atoms with van der Waals surface area (Å²) in [6, 6.07) is 0. The highest BCUT2D eigenvalue weighted by Crippen LogP contribution is 2.34. The lowest BCUT2D eigenvalue weighted by atomic mass is 9.85. The van der Waals surface area contributed by atoms with Gasteiger partial charge in [-0.1, -0.05) is 65.2 Å². The Hall–Kier alpha value is -0.480. The van der Waals surface area contributed by atoms with E-state index in [1.807, 2.05) is 6.92 Å². The number of hydrogen-bond donors (Lipinski definition) is 6. The number of aliphatic hydroxyl groups is 6. The molecule has 2 rings (SSSR count). The average molecular weight is 681 g/mol. The highest BCUT2D eigenvalue weighted by Gasteiger charge is 2.53. The molecule has 2 aliphatic heterocycles. The van der Waals surface area contributed by atoms with Gasteiger partial charge in [-0.2, -0.15) is 0 Å². The number of likely N-dealkylation sites (N-methyl/N-ethyl adjacent to an activating group) is 1. The standard InChI is InChI=1S/C35H70NO11/c1-8-10-11-12-13-14-15-16-17-18-19-36(5,6)20-25(37)21-45-31-29(39)27(47-34(3,23-43-7)33(31)42)22-44-24-35(4)32(41)30(40)28(38)26(9-2)46-35/h25-33,37-42H,8-24H2,1-7H3/q+1/t25?,26-,27-,28?,29?,30+,31+,32+,33+,34?,35?/m0/s1. The fourth-order valence-corrected chi connectivity index (χ4v) is 7.00. The van der Waals surface area contributed by atoms with E-state index < -0.39 is 66.1 Å². The minimum Gasteiger partial charge on any atom is -0.388 e. The molecule has 0 spiro atoms. The molecule has 0 saturated carbocycles. The Morgan fingerprint density at radius 2 is 1.28 bits per heavy atom. The van der Waals surface area contributed by atoms with Crippen molar-refractivity contribution in [2.24, 2.45) is 0 Å². The minimum atomic E-state index is -1.40. The molecule has 47 heavy (non-hydrogen) atoms. The molecule has 2 heterocycles. The smallest absolute Gasteiger partial charge is 0.126 e. The van der Waals surface area contributed by atoms with Gasteiger partial charge in [0.05, 0.1) is 53.2 Å². The summed E-state index contributed by atoms with van der Waals surface area (Å²) in [5.74, 6) is 0. The first-order chi connectivity index (χ1) is 22.1. The van der Waals surface area contributed by atoms with Gasteiger partial charge in [-0.15, -0.1) is 0 Å². The first kappa shape index (κ1) is 42.7. The topological polar surface area (TPSA) is 168 Å². The summed E-state index contributed by atoms with van der Waals surface area (Å²) >= 11 is 0. The first-order valence-corrected chi connectivity index (χ1v) is 18.1. The monoisotopic (exact) mass is 680 g/mol. The van der Waals surface area contributed by atoms with Crippen LogP contribution >= 0.6 is 0 Å². The molecule has 2 saturated heterocycles. The van der Waals surface area contributed by atoms with Crippen LogP contribution < -0.4 is 0 Å². The number of aliphatic hydroxyl groups excluding tert-OH is 6. The van der Waals surface area contributed by atoms with Crippen LogP contribution in [0.4, 0.5) is 0 Å². The Bertz CT molecular complexity index is 850. The molecule has 0 radical (unpaired) electrons. The molecule has 0 amide bonds. The van der Waals surface area contributed by atoms with Gasteiger partial charge in [-0.25, -0.2) is 0 Å². The van der Waals surface area contributed by atoms with Gasteiger partial charge in [0, 0.05) is 7.11 Å². The number of ether oxygens (including phenoxy) is 5. The number of nitrogens with zero attached hydrogens (tertiary/aromatic N) is 1. The summed E-state index contributed by atoms with van der Waals surface area (Å²) in [7, 11) is 5.67. The van der Waals surface area contributed by atoms with E-state index >= 15 is 0 Å². The van der Waals surface area contributed by atoms with Gasteiger partial charge in [0.2, 0.25) is 0 Å². The fraction of sp³-hybridized carbons (Fsp3) is 1.00. The second-order valence-corrected chi connectivity index (χ2v) is 15.1. The number of methoxy groups -OCH3 is 1. The van der Waals surface area contributed by atoms with E-state index in [0.29, 0.717) is 17.4 Å². The number of unbranched alkanes of at least 4 members (excludes halogenated alkanes) is 9. The molecule has 2 aliphatic rings. The fourth-order valence-electron chi connectivity index (χ4n) is 7.00. The maximum absolute atomic E-state index is 11.2. The molecular formula is C35H70NO11+. The zero-order chi connectivity index (χ0) is 35.3. The summed E-state index contributed by atoms with van der Waals surface area (Å²) in [4.78, 5) is 0. The lowest BCUT2D eigenvalue weighted by molar-refractivity contribution is -0.893. The zero-order valence-electron chi connectivity index (χ0n) is 30.4. The zero-order valence-corrected chi connectivity index (χ0v) is 30.4. The van der Waals surface area contributed by atoms with Crippen molar-refractivity contribution >= 4 is 0 Å². The maximum atomic E-state index is 11.2. The summed E-state index contributed by atoms with van der Waals surface area (Å²) in [6.45, 7) is 8.36. The van der Waals surface area contributed by atoms with E-state index in [-0.39, 0.29) is 26.4 Å². The van der Waals surface area contributed by atoms with E-state index in [0.717, 1.165) is 13.0 Å². The number of hydrogen-bond acceptors (Lipinski definition) is 11. The van der Waals surface area contributed by atoms with Gasteiger partial charge in [0.15, 0.2) is 0 Å². The lowest BCUT2D eigenvalue weighted by Gasteiger charge is -2.49. The normalized spacial score (nSPS) is 35.7. The van der Waals surface area contributed by atoms with E-state index in [1.54, 1.807) is 13.8 Å². The van der Waals surface area contributed by atoms with Crippen molar-refractivity contribution in [1.82, 2.24) is 0 Å². The predicted octanol–water partition coefficient (Wildman–Crippen LogP) is 1.92. The Labute approximate surface area is 283 Å². The third kappa shape index (κ3) is 13.0. The van der Waals surface area contributed by atoms with Gasteiger partial charge in [-0.3, -0.25) is 0 Å². The SMILES string of the molecule is CCCCCCCCCCCC[N+](C)(C)CC(O)CO[C@@H]1C(O)[C@H](COCC2(C)O[C@@H](CC)C(O)[C@@H](O)[C@H]2O)OC(C)(COC)[C@@H]1O.